The van der Waals surface area contributed by atoms with Crippen molar-refractivity contribution in [2.75, 3.05) is 31.3 Å². The maximum atomic E-state index is 13.5. The van der Waals surface area contributed by atoms with Gasteiger partial charge in [-0.3, -0.25) is 0 Å². The molecule has 1 N–H and O–H groups in total. The number of aliphatic hydroxyl groups is 1. The number of hydrogen-bond acceptors (Lipinski definition) is 4. The van der Waals surface area contributed by atoms with Crippen molar-refractivity contribution < 1.29 is 27.4 Å². The highest BCUT2D eigenvalue weighted by molar-refractivity contribution is 5.50. The highest BCUT2D eigenvalue weighted by Gasteiger charge is 2.31. The summed E-state index contributed by atoms with van der Waals surface area (Å²) in [6.07, 6.45) is 0. The van der Waals surface area contributed by atoms with E-state index in [2.05, 4.69) is 4.98 Å². The minimum Gasteiger partial charge on any atom is -0.394 e. The molecule has 8 heteroatoms. The predicted octanol–water partition coefficient (Wildman–Crippen LogP) is 0.835. The van der Waals surface area contributed by atoms with E-state index >= 15 is 0 Å². The van der Waals surface area contributed by atoms with Crippen molar-refractivity contribution in [2.24, 2.45) is 0 Å². The van der Waals surface area contributed by atoms with Gasteiger partial charge in [0.2, 0.25) is 11.6 Å². The van der Waals surface area contributed by atoms with Gasteiger partial charge in [0.05, 0.1) is 25.9 Å². The molecule has 0 spiro atoms. The lowest BCUT2D eigenvalue weighted by molar-refractivity contribution is 0.0717. The number of aromatic nitrogens is 1. The third-order valence-corrected chi connectivity index (χ3v) is 2.70. The molecule has 1 unspecified atom stereocenters. The zero-order valence-electron chi connectivity index (χ0n) is 9.17. The van der Waals surface area contributed by atoms with Gasteiger partial charge in [-0.2, -0.15) is 22.5 Å². The third-order valence-electron chi connectivity index (χ3n) is 2.70. The topological polar surface area (TPSA) is 45.6 Å². The summed E-state index contributed by atoms with van der Waals surface area (Å²) in [6, 6.07) is -0.760. The van der Waals surface area contributed by atoms with Crippen molar-refractivity contribution in [3.63, 3.8) is 0 Å². The molecule has 1 aliphatic rings. The molecule has 0 aliphatic carbocycles. The Bertz CT molecular complexity index is 432. The van der Waals surface area contributed by atoms with Gasteiger partial charge < -0.3 is 14.7 Å². The lowest BCUT2D eigenvalue weighted by atomic mass is 10.2. The molecule has 1 saturated heterocycles. The van der Waals surface area contributed by atoms with Gasteiger partial charge in [0.1, 0.15) is 5.69 Å². The molecule has 1 aliphatic heterocycles. The van der Waals surface area contributed by atoms with E-state index in [0.717, 1.165) is 4.90 Å². The fourth-order valence-corrected chi connectivity index (χ4v) is 1.83. The van der Waals surface area contributed by atoms with E-state index < -0.39 is 41.9 Å². The molecule has 0 radical (unpaired) electrons. The summed E-state index contributed by atoms with van der Waals surface area (Å²) in [4.78, 5) is 3.52. The number of halogens is 4. The molecular formula is C10H10F4N2O2. The average molecular weight is 266 g/mol. The molecule has 4 nitrogen and oxygen atoms in total. The standard InChI is InChI=1S/C10H10F4N2O2/c11-6-8(7(12)10(14)15-9(6)13)16-1-2-18-4-5(16)3-17/h5,17H,1-4H2. The summed E-state index contributed by atoms with van der Waals surface area (Å²) in [5.74, 6) is -6.58. The molecule has 18 heavy (non-hydrogen) atoms. The maximum absolute atomic E-state index is 13.5. The Morgan fingerprint density at radius 3 is 2.39 bits per heavy atom. The Kier molecular flexibility index (Phi) is 3.67. The van der Waals surface area contributed by atoms with Gasteiger partial charge in [-0.25, -0.2) is 0 Å². The van der Waals surface area contributed by atoms with E-state index in [-0.39, 0.29) is 19.8 Å². The maximum Gasteiger partial charge on any atom is 0.253 e. The largest absolute Gasteiger partial charge is 0.394 e. The monoisotopic (exact) mass is 266 g/mol. The van der Waals surface area contributed by atoms with Crippen LogP contribution in [0.1, 0.15) is 0 Å². The summed E-state index contributed by atoms with van der Waals surface area (Å²) in [5, 5.41) is 9.07. The van der Waals surface area contributed by atoms with Crippen molar-refractivity contribution in [2.45, 2.75) is 6.04 Å². The van der Waals surface area contributed by atoms with Gasteiger partial charge in [-0.1, -0.05) is 0 Å². The van der Waals surface area contributed by atoms with Crippen LogP contribution in [-0.2, 0) is 4.74 Å². The quantitative estimate of drug-likeness (QED) is 0.636. The van der Waals surface area contributed by atoms with Crippen LogP contribution >= 0.6 is 0 Å². The molecule has 0 saturated carbocycles. The summed E-state index contributed by atoms with van der Waals surface area (Å²) < 4.78 is 58.1. The second-order valence-corrected chi connectivity index (χ2v) is 3.77. The Hall–Kier alpha value is -1.41. The van der Waals surface area contributed by atoms with E-state index in [1.807, 2.05) is 0 Å². The Balaban J connectivity index is 2.48. The fourth-order valence-electron chi connectivity index (χ4n) is 1.83. The number of ether oxygens (including phenoxy) is 1. The van der Waals surface area contributed by atoms with E-state index in [4.69, 9.17) is 9.84 Å². The van der Waals surface area contributed by atoms with Gasteiger partial charge in [0.15, 0.2) is 0 Å². The van der Waals surface area contributed by atoms with Gasteiger partial charge in [-0.15, -0.1) is 0 Å². The van der Waals surface area contributed by atoms with E-state index in [1.54, 1.807) is 0 Å². The average Bonchev–Trinajstić information content (AvgIpc) is 2.37. The molecule has 0 amide bonds. The number of pyridine rings is 1. The zero-order chi connectivity index (χ0) is 13.3. The van der Waals surface area contributed by atoms with Crippen LogP contribution in [-0.4, -0.2) is 42.5 Å². The number of hydrogen-bond donors (Lipinski definition) is 1. The van der Waals surface area contributed by atoms with Crippen LogP contribution in [0.2, 0.25) is 0 Å². The van der Waals surface area contributed by atoms with Gasteiger partial charge in [0.25, 0.3) is 11.9 Å². The first-order valence-corrected chi connectivity index (χ1v) is 5.21. The molecule has 1 fully saturated rings. The second-order valence-electron chi connectivity index (χ2n) is 3.77. The molecule has 2 rings (SSSR count). The normalized spacial score (nSPS) is 20.3. The first kappa shape index (κ1) is 13.0. The van der Waals surface area contributed by atoms with Crippen LogP contribution in [0.25, 0.3) is 0 Å². The predicted molar refractivity (Wildman–Crippen MR) is 53.1 cm³/mol. The lowest BCUT2D eigenvalue weighted by Gasteiger charge is -2.36. The van der Waals surface area contributed by atoms with Crippen molar-refractivity contribution in [3.8, 4) is 0 Å². The van der Waals surface area contributed by atoms with E-state index in [0.29, 0.717) is 0 Å². The summed E-state index contributed by atoms with van der Waals surface area (Å²) in [6.45, 7) is -0.283. The van der Waals surface area contributed by atoms with Crippen LogP contribution in [0, 0.1) is 23.5 Å². The minimum atomic E-state index is -1.72. The van der Waals surface area contributed by atoms with E-state index in [1.165, 1.54) is 0 Å². The van der Waals surface area contributed by atoms with Crippen LogP contribution in [0.5, 0.6) is 0 Å². The summed E-state index contributed by atoms with van der Waals surface area (Å²) in [7, 11) is 0. The highest BCUT2D eigenvalue weighted by Crippen LogP contribution is 2.28. The zero-order valence-corrected chi connectivity index (χ0v) is 9.17. The van der Waals surface area contributed by atoms with Crippen LogP contribution in [0.15, 0.2) is 0 Å². The van der Waals surface area contributed by atoms with Gasteiger partial charge in [-0.05, 0) is 0 Å². The molecule has 100 valence electrons. The number of rotatable bonds is 2. The SMILES string of the molecule is OCC1COCCN1c1c(F)c(F)nc(F)c1F. The van der Waals surface area contributed by atoms with Crippen LogP contribution in [0.4, 0.5) is 23.2 Å². The lowest BCUT2D eigenvalue weighted by Crippen LogP contribution is -2.48. The van der Waals surface area contributed by atoms with Crippen molar-refractivity contribution in [1.82, 2.24) is 4.98 Å². The molecular weight excluding hydrogens is 256 g/mol. The molecule has 0 aromatic carbocycles. The first-order chi connectivity index (χ1) is 8.56. The Morgan fingerprint density at radius 2 is 1.83 bits per heavy atom. The number of aliphatic hydroxyl groups excluding tert-OH is 1. The van der Waals surface area contributed by atoms with Crippen molar-refractivity contribution in [1.29, 1.82) is 0 Å². The molecule has 1 aromatic rings. The number of anilines is 1. The molecule has 0 bridgehead atoms. The molecule has 2 heterocycles. The van der Waals surface area contributed by atoms with Crippen molar-refractivity contribution in [3.05, 3.63) is 23.5 Å². The smallest absolute Gasteiger partial charge is 0.253 e. The minimum absolute atomic E-state index is 0.0148. The summed E-state index contributed by atoms with van der Waals surface area (Å²) >= 11 is 0. The highest BCUT2D eigenvalue weighted by atomic mass is 19.2. The van der Waals surface area contributed by atoms with Crippen LogP contribution in [0.3, 0.4) is 0 Å². The van der Waals surface area contributed by atoms with Crippen LogP contribution < -0.4 is 4.90 Å². The Morgan fingerprint density at radius 1 is 1.22 bits per heavy atom. The van der Waals surface area contributed by atoms with Gasteiger partial charge in [0, 0.05) is 6.54 Å². The van der Waals surface area contributed by atoms with Crippen molar-refractivity contribution >= 4 is 5.69 Å². The first-order valence-electron chi connectivity index (χ1n) is 5.21. The van der Waals surface area contributed by atoms with Gasteiger partial charge >= 0.3 is 0 Å². The Labute approximate surface area is 99.8 Å². The number of morpholine rings is 1. The fraction of sp³-hybridized carbons (Fsp3) is 0.500. The second kappa shape index (κ2) is 5.07. The third kappa shape index (κ3) is 2.13. The number of nitrogens with zero attached hydrogens (tertiary/aromatic N) is 2. The molecule has 1 aromatic heterocycles. The molecule has 1 atom stereocenters. The summed E-state index contributed by atoms with van der Waals surface area (Å²) in [5.41, 5.74) is -0.859. The van der Waals surface area contributed by atoms with E-state index in [9.17, 15) is 17.6 Å².